The van der Waals surface area contributed by atoms with Gasteiger partial charge in [-0.3, -0.25) is 4.79 Å². The summed E-state index contributed by atoms with van der Waals surface area (Å²) in [5.41, 5.74) is 2.12. The van der Waals surface area contributed by atoms with Gasteiger partial charge in [-0.05, 0) is 24.0 Å². The predicted octanol–water partition coefficient (Wildman–Crippen LogP) is 1.92. The van der Waals surface area contributed by atoms with Gasteiger partial charge in [0.25, 0.3) is 0 Å². The minimum absolute atomic E-state index is 0.0888. The Kier molecular flexibility index (Phi) is 4.31. The van der Waals surface area contributed by atoms with Crippen molar-refractivity contribution in [2.24, 2.45) is 5.92 Å². The number of hydrogen-bond acceptors (Lipinski definition) is 3. The Labute approximate surface area is 124 Å². The SMILES string of the molecule is O=C(C[C@@H]1CCOC1)NCc1ccccc1-n1ccnc1. The number of imidazole rings is 1. The van der Waals surface area contributed by atoms with Gasteiger partial charge in [0, 0.05) is 38.6 Å². The molecular formula is C16H19N3O2. The van der Waals surface area contributed by atoms with Crippen molar-refractivity contribution in [1.82, 2.24) is 14.9 Å². The van der Waals surface area contributed by atoms with Gasteiger partial charge in [0.05, 0.1) is 12.0 Å². The number of nitrogens with zero attached hydrogens (tertiary/aromatic N) is 2. The van der Waals surface area contributed by atoms with E-state index in [1.54, 1.807) is 12.5 Å². The molecule has 110 valence electrons. The summed E-state index contributed by atoms with van der Waals surface area (Å²) in [6.45, 7) is 2.02. The molecule has 1 atom stereocenters. The molecule has 21 heavy (non-hydrogen) atoms. The Hall–Kier alpha value is -2.14. The first-order chi connectivity index (χ1) is 10.3. The summed E-state index contributed by atoms with van der Waals surface area (Å²) in [6.07, 6.45) is 6.94. The number of amides is 1. The Balaban J connectivity index is 1.61. The molecular weight excluding hydrogens is 266 g/mol. The molecule has 1 aliphatic rings. The lowest BCUT2D eigenvalue weighted by Gasteiger charge is -2.12. The van der Waals surface area contributed by atoms with Crippen molar-refractivity contribution >= 4 is 5.91 Å². The van der Waals surface area contributed by atoms with E-state index in [0.717, 1.165) is 24.3 Å². The zero-order chi connectivity index (χ0) is 14.5. The van der Waals surface area contributed by atoms with E-state index in [4.69, 9.17) is 4.74 Å². The van der Waals surface area contributed by atoms with Crippen LogP contribution >= 0.6 is 0 Å². The van der Waals surface area contributed by atoms with Crippen molar-refractivity contribution < 1.29 is 9.53 Å². The van der Waals surface area contributed by atoms with Gasteiger partial charge in [-0.25, -0.2) is 4.98 Å². The van der Waals surface area contributed by atoms with Gasteiger partial charge in [0.1, 0.15) is 0 Å². The molecule has 0 radical (unpaired) electrons. The van der Waals surface area contributed by atoms with Crippen LogP contribution in [0.1, 0.15) is 18.4 Å². The molecule has 0 saturated carbocycles. The summed E-state index contributed by atoms with van der Waals surface area (Å²) < 4.78 is 7.25. The van der Waals surface area contributed by atoms with E-state index in [0.29, 0.717) is 25.5 Å². The standard InChI is InChI=1S/C16H19N3O2/c20-16(9-13-5-8-21-11-13)18-10-14-3-1-2-4-15(14)19-7-6-17-12-19/h1-4,6-7,12-13H,5,8-11H2,(H,18,20)/t13-/m0/s1. The number of hydrogen-bond donors (Lipinski definition) is 1. The van der Waals surface area contributed by atoms with Crippen LogP contribution in [0, 0.1) is 5.92 Å². The zero-order valence-corrected chi connectivity index (χ0v) is 11.9. The van der Waals surface area contributed by atoms with Crippen LogP contribution in [0.15, 0.2) is 43.0 Å². The Morgan fingerprint density at radius 2 is 2.33 bits per heavy atom. The number of para-hydroxylation sites is 1. The molecule has 1 aromatic carbocycles. The molecule has 1 N–H and O–H groups in total. The largest absolute Gasteiger partial charge is 0.381 e. The van der Waals surface area contributed by atoms with Crippen LogP contribution in [0.2, 0.25) is 0 Å². The maximum absolute atomic E-state index is 12.0. The molecule has 2 heterocycles. The Morgan fingerprint density at radius 1 is 1.43 bits per heavy atom. The molecule has 0 bridgehead atoms. The van der Waals surface area contributed by atoms with Gasteiger partial charge in [-0.2, -0.15) is 0 Å². The molecule has 3 rings (SSSR count). The normalized spacial score (nSPS) is 17.8. The van der Waals surface area contributed by atoms with Crippen molar-refractivity contribution in [2.75, 3.05) is 13.2 Å². The van der Waals surface area contributed by atoms with Crippen LogP contribution in [0.5, 0.6) is 0 Å². The lowest BCUT2D eigenvalue weighted by atomic mass is 10.0. The summed E-state index contributed by atoms with van der Waals surface area (Å²) in [5, 5.41) is 3.00. The minimum atomic E-state index is 0.0888. The zero-order valence-electron chi connectivity index (χ0n) is 11.9. The average Bonchev–Trinajstić information content (AvgIpc) is 3.18. The first-order valence-electron chi connectivity index (χ1n) is 7.23. The minimum Gasteiger partial charge on any atom is -0.381 e. The summed E-state index contributed by atoms with van der Waals surface area (Å²) in [4.78, 5) is 16.0. The summed E-state index contributed by atoms with van der Waals surface area (Å²) >= 11 is 0. The van der Waals surface area contributed by atoms with Crippen molar-refractivity contribution in [2.45, 2.75) is 19.4 Å². The van der Waals surface area contributed by atoms with Crippen LogP contribution in [0.3, 0.4) is 0 Å². The fourth-order valence-electron chi connectivity index (χ4n) is 2.59. The van der Waals surface area contributed by atoms with Gasteiger partial charge in [-0.15, -0.1) is 0 Å². The topological polar surface area (TPSA) is 56.1 Å². The molecule has 1 amide bonds. The number of carbonyl (C=O) groups is 1. The maximum atomic E-state index is 12.0. The molecule has 0 aliphatic carbocycles. The van der Waals surface area contributed by atoms with Crippen LogP contribution in [0.4, 0.5) is 0 Å². The first-order valence-corrected chi connectivity index (χ1v) is 7.23. The Bertz CT molecular complexity index is 589. The van der Waals surface area contributed by atoms with Crippen molar-refractivity contribution in [3.63, 3.8) is 0 Å². The van der Waals surface area contributed by atoms with Gasteiger partial charge >= 0.3 is 0 Å². The first kappa shape index (κ1) is 13.8. The van der Waals surface area contributed by atoms with Gasteiger partial charge in [0.2, 0.25) is 5.91 Å². The number of nitrogens with one attached hydrogen (secondary N) is 1. The number of ether oxygens (including phenoxy) is 1. The van der Waals surface area contributed by atoms with Crippen molar-refractivity contribution in [3.05, 3.63) is 48.5 Å². The van der Waals surface area contributed by atoms with E-state index in [-0.39, 0.29) is 5.91 Å². The number of benzene rings is 1. The van der Waals surface area contributed by atoms with Crippen LogP contribution in [-0.4, -0.2) is 28.7 Å². The van der Waals surface area contributed by atoms with Crippen molar-refractivity contribution in [1.29, 1.82) is 0 Å². The highest BCUT2D eigenvalue weighted by Crippen LogP contribution is 2.17. The van der Waals surface area contributed by atoms with Gasteiger partial charge < -0.3 is 14.6 Å². The monoisotopic (exact) mass is 285 g/mol. The fraction of sp³-hybridized carbons (Fsp3) is 0.375. The Morgan fingerprint density at radius 3 is 3.10 bits per heavy atom. The van der Waals surface area contributed by atoms with E-state index >= 15 is 0 Å². The molecule has 0 spiro atoms. The molecule has 2 aromatic rings. The van der Waals surface area contributed by atoms with E-state index in [1.807, 2.05) is 35.0 Å². The summed E-state index contributed by atoms with van der Waals surface area (Å²) in [6, 6.07) is 8.01. The molecule has 0 unspecified atom stereocenters. The van der Waals surface area contributed by atoms with E-state index in [1.165, 1.54) is 0 Å². The molecule has 5 heteroatoms. The molecule has 1 aromatic heterocycles. The molecule has 1 aliphatic heterocycles. The molecule has 1 saturated heterocycles. The smallest absolute Gasteiger partial charge is 0.220 e. The number of carbonyl (C=O) groups excluding carboxylic acids is 1. The van der Waals surface area contributed by atoms with Gasteiger partial charge in [-0.1, -0.05) is 18.2 Å². The number of aromatic nitrogens is 2. The molecule has 5 nitrogen and oxygen atoms in total. The lowest BCUT2D eigenvalue weighted by molar-refractivity contribution is -0.122. The fourth-order valence-corrected chi connectivity index (χ4v) is 2.59. The van der Waals surface area contributed by atoms with Gasteiger partial charge in [0.15, 0.2) is 0 Å². The second kappa shape index (κ2) is 6.54. The van der Waals surface area contributed by atoms with E-state index in [2.05, 4.69) is 10.3 Å². The highest BCUT2D eigenvalue weighted by Gasteiger charge is 2.19. The highest BCUT2D eigenvalue weighted by atomic mass is 16.5. The lowest BCUT2D eigenvalue weighted by Crippen LogP contribution is -2.25. The third kappa shape index (κ3) is 3.49. The predicted molar refractivity (Wildman–Crippen MR) is 79.0 cm³/mol. The average molecular weight is 285 g/mol. The second-order valence-electron chi connectivity index (χ2n) is 5.31. The van der Waals surface area contributed by atoms with Crippen molar-refractivity contribution in [3.8, 4) is 5.69 Å². The summed E-state index contributed by atoms with van der Waals surface area (Å²) in [5.74, 6) is 0.458. The highest BCUT2D eigenvalue weighted by molar-refractivity contribution is 5.76. The summed E-state index contributed by atoms with van der Waals surface area (Å²) in [7, 11) is 0. The van der Waals surface area contributed by atoms with Crippen LogP contribution < -0.4 is 5.32 Å². The maximum Gasteiger partial charge on any atom is 0.220 e. The third-order valence-corrected chi connectivity index (χ3v) is 3.75. The number of rotatable bonds is 5. The third-order valence-electron chi connectivity index (χ3n) is 3.75. The quantitative estimate of drug-likeness (QED) is 0.913. The second-order valence-corrected chi connectivity index (χ2v) is 5.31. The van der Waals surface area contributed by atoms with E-state index < -0.39 is 0 Å². The van der Waals surface area contributed by atoms with Crippen LogP contribution in [0.25, 0.3) is 5.69 Å². The van der Waals surface area contributed by atoms with E-state index in [9.17, 15) is 4.79 Å². The van der Waals surface area contributed by atoms with Crippen LogP contribution in [-0.2, 0) is 16.1 Å². The molecule has 1 fully saturated rings.